The van der Waals surface area contributed by atoms with E-state index in [1.54, 1.807) is 0 Å². The smallest absolute Gasteiger partial charge is 0.305 e. The van der Waals surface area contributed by atoms with Crippen molar-refractivity contribution >= 4 is 11.9 Å². The molecule has 0 aromatic rings. The second-order valence-corrected chi connectivity index (χ2v) is 14.6. The van der Waals surface area contributed by atoms with Crippen LogP contribution in [0.2, 0.25) is 0 Å². The van der Waals surface area contributed by atoms with Crippen molar-refractivity contribution in [2.45, 2.75) is 232 Å². The molecule has 0 aromatic carbocycles. The van der Waals surface area contributed by atoms with Gasteiger partial charge in [-0.3, -0.25) is 9.59 Å². The second-order valence-electron chi connectivity index (χ2n) is 14.6. The number of unbranched alkanes of at least 4 members (excludes halogenated alkanes) is 27. The Balaban J connectivity index is 3.35. The van der Waals surface area contributed by atoms with Crippen LogP contribution in [0.3, 0.4) is 0 Å². The van der Waals surface area contributed by atoms with Crippen molar-refractivity contribution in [1.82, 2.24) is 0 Å². The fourth-order valence-corrected chi connectivity index (χ4v) is 6.15. The van der Waals surface area contributed by atoms with Gasteiger partial charge in [0.1, 0.15) is 19.3 Å². The van der Waals surface area contributed by atoms with Gasteiger partial charge < -0.3 is 14.6 Å². The maximum absolute atomic E-state index is 12.0. The number of hydrogen-bond donors (Lipinski definition) is 1. The molecule has 0 rings (SSSR count). The minimum absolute atomic E-state index is 0.108. The van der Waals surface area contributed by atoms with Crippen molar-refractivity contribution in [1.29, 1.82) is 0 Å². The minimum atomic E-state index is -0.954. The van der Waals surface area contributed by atoms with Crippen molar-refractivity contribution in [2.75, 3.05) is 13.2 Å². The molecule has 5 heteroatoms. The van der Waals surface area contributed by atoms with Crippen LogP contribution in [0.1, 0.15) is 226 Å². The van der Waals surface area contributed by atoms with Crippen LogP contribution in [0.5, 0.6) is 0 Å². The Kier molecular flexibility index (Phi) is 35.9. The van der Waals surface area contributed by atoms with Crippen molar-refractivity contribution in [3.8, 4) is 0 Å². The highest BCUT2D eigenvalue weighted by molar-refractivity contribution is 5.69. The zero-order chi connectivity index (χ0) is 33.8. The molecule has 0 spiro atoms. The summed E-state index contributed by atoms with van der Waals surface area (Å²) in [5, 5.41) is 10.00. The van der Waals surface area contributed by atoms with Gasteiger partial charge in [-0.1, -0.05) is 201 Å². The molecule has 0 aromatic heterocycles. The monoisotopic (exact) mass is 653 g/mol. The summed E-state index contributed by atoms with van der Waals surface area (Å²) < 4.78 is 10.3. The molecule has 0 aliphatic heterocycles. The first-order valence-corrected chi connectivity index (χ1v) is 20.4. The molecule has 1 N–H and O–H groups in total. The van der Waals surface area contributed by atoms with Crippen LogP contribution in [0.25, 0.3) is 0 Å². The first-order valence-electron chi connectivity index (χ1n) is 20.4. The third-order valence-electron chi connectivity index (χ3n) is 9.27. The van der Waals surface area contributed by atoms with Gasteiger partial charge in [0.15, 0.2) is 0 Å². The lowest BCUT2D eigenvalue weighted by atomic mass is 10.0. The maximum Gasteiger partial charge on any atom is 0.305 e. The molecule has 0 saturated carbocycles. The van der Waals surface area contributed by atoms with Crippen LogP contribution < -0.4 is 0 Å². The fourth-order valence-electron chi connectivity index (χ4n) is 6.15. The average Bonchev–Trinajstić information content (AvgIpc) is 3.04. The van der Waals surface area contributed by atoms with Crippen LogP contribution in [0.4, 0.5) is 0 Å². The molecule has 0 amide bonds. The molecule has 274 valence electrons. The van der Waals surface area contributed by atoms with E-state index in [9.17, 15) is 14.7 Å². The summed E-state index contributed by atoms with van der Waals surface area (Å²) in [4.78, 5) is 23.9. The lowest BCUT2D eigenvalue weighted by Crippen LogP contribution is -2.25. The Morgan fingerprint density at radius 2 is 0.696 bits per heavy atom. The van der Waals surface area contributed by atoms with Gasteiger partial charge >= 0.3 is 11.9 Å². The number of aliphatic hydroxyl groups excluding tert-OH is 1. The van der Waals surface area contributed by atoms with Gasteiger partial charge in [-0.15, -0.1) is 0 Å². The van der Waals surface area contributed by atoms with E-state index in [1.165, 1.54) is 167 Å². The van der Waals surface area contributed by atoms with Crippen LogP contribution in [0, 0.1) is 5.92 Å². The van der Waals surface area contributed by atoms with Crippen LogP contribution in [0.15, 0.2) is 0 Å². The van der Waals surface area contributed by atoms with E-state index in [-0.39, 0.29) is 25.2 Å². The van der Waals surface area contributed by atoms with Crippen molar-refractivity contribution in [3.63, 3.8) is 0 Å². The largest absolute Gasteiger partial charge is 0.463 e. The van der Waals surface area contributed by atoms with Crippen LogP contribution >= 0.6 is 0 Å². The topological polar surface area (TPSA) is 72.8 Å². The molecule has 0 saturated heterocycles. The Hall–Kier alpha value is -1.10. The van der Waals surface area contributed by atoms with E-state index in [1.807, 2.05) is 0 Å². The van der Waals surface area contributed by atoms with Crippen molar-refractivity contribution < 1.29 is 24.2 Å². The zero-order valence-corrected chi connectivity index (χ0v) is 31.3. The highest BCUT2D eigenvalue weighted by atomic mass is 16.6. The van der Waals surface area contributed by atoms with Gasteiger partial charge in [0.05, 0.1) is 0 Å². The van der Waals surface area contributed by atoms with E-state index in [2.05, 4.69) is 20.8 Å². The number of rotatable bonds is 37. The Morgan fingerprint density at radius 3 is 0.978 bits per heavy atom. The zero-order valence-electron chi connectivity index (χ0n) is 31.3. The first-order chi connectivity index (χ1) is 22.5. The third kappa shape index (κ3) is 37.4. The van der Waals surface area contributed by atoms with E-state index in [4.69, 9.17) is 9.47 Å². The molecule has 5 nitrogen and oxygen atoms in total. The van der Waals surface area contributed by atoms with Gasteiger partial charge in [-0.05, 0) is 18.8 Å². The average molecular weight is 653 g/mol. The number of ether oxygens (including phenoxy) is 2. The highest BCUT2D eigenvalue weighted by Crippen LogP contribution is 2.16. The molecule has 0 radical (unpaired) electrons. The van der Waals surface area contributed by atoms with Crippen LogP contribution in [-0.4, -0.2) is 36.4 Å². The molecule has 0 aliphatic carbocycles. The summed E-state index contributed by atoms with van der Waals surface area (Å²) in [5.74, 6) is 0.313. The minimum Gasteiger partial charge on any atom is -0.463 e. The lowest BCUT2D eigenvalue weighted by molar-refractivity contribution is -0.152. The van der Waals surface area contributed by atoms with Gasteiger partial charge in [0, 0.05) is 12.8 Å². The molecule has 0 fully saturated rings. The Morgan fingerprint density at radius 1 is 0.435 bits per heavy atom. The Bertz CT molecular complexity index is 634. The van der Waals surface area contributed by atoms with E-state index in [0.29, 0.717) is 12.8 Å². The van der Waals surface area contributed by atoms with Gasteiger partial charge in [0.2, 0.25) is 0 Å². The SMILES string of the molecule is CCCCCCCCCCCCCC(=O)OC[C@H](O)COC(=O)CCCCCCCCCCCCCCCCCCCCC(C)C. The number of carbonyl (C=O) groups is 2. The van der Waals surface area contributed by atoms with Gasteiger partial charge in [-0.25, -0.2) is 0 Å². The molecule has 0 bridgehead atoms. The molecule has 0 heterocycles. The lowest BCUT2D eigenvalue weighted by Gasteiger charge is -2.12. The van der Waals surface area contributed by atoms with E-state index < -0.39 is 6.10 Å². The summed E-state index contributed by atoms with van der Waals surface area (Å²) in [7, 11) is 0. The summed E-state index contributed by atoms with van der Waals surface area (Å²) in [6.07, 6.45) is 38.8. The molecule has 0 aliphatic rings. The highest BCUT2D eigenvalue weighted by Gasteiger charge is 2.12. The maximum atomic E-state index is 12.0. The predicted molar refractivity (Wildman–Crippen MR) is 196 cm³/mol. The quantitative estimate of drug-likeness (QED) is 0.0534. The van der Waals surface area contributed by atoms with Crippen LogP contribution in [-0.2, 0) is 19.1 Å². The number of carbonyl (C=O) groups excluding carboxylic acids is 2. The van der Waals surface area contributed by atoms with Crippen molar-refractivity contribution in [3.05, 3.63) is 0 Å². The third-order valence-corrected chi connectivity index (χ3v) is 9.27. The summed E-state index contributed by atoms with van der Waals surface area (Å²) >= 11 is 0. The number of hydrogen-bond acceptors (Lipinski definition) is 5. The molecular weight excluding hydrogens is 572 g/mol. The molecule has 1 atom stereocenters. The molecular formula is C41H80O5. The van der Waals surface area contributed by atoms with Crippen molar-refractivity contribution in [2.24, 2.45) is 5.92 Å². The summed E-state index contributed by atoms with van der Waals surface area (Å²) in [6, 6.07) is 0. The summed E-state index contributed by atoms with van der Waals surface area (Å²) in [5.41, 5.74) is 0. The summed E-state index contributed by atoms with van der Waals surface area (Å²) in [6.45, 7) is 6.69. The van der Waals surface area contributed by atoms with Gasteiger partial charge in [0.25, 0.3) is 0 Å². The number of aliphatic hydroxyl groups is 1. The normalized spacial score (nSPS) is 12.1. The number of esters is 2. The Labute approximate surface area is 287 Å². The predicted octanol–water partition coefficient (Wildman–Crippen LogP) is 12.6. The van der Waals surface area contributed by atoms with E-state index >= 15 is 0 Å². The first kappa shape index (κ1) is 44.9. The second kappa shape index (κ2) is 36.7. The fraction of sp³-hybridized carbons (Fsp3) is 0.951. The molecule has 0 unspecified atom stereocenters. The van der Waals surface area contributed by atoms with Gasteiger partial charge in [-0.2, -0.15) is 0 Å². The molecule has 46 heavy (non-hydrogen) atoms. The standard InChI is InChI=1S/C41H80O5/c1-4-5-6-7-8-9-18-22-25-28-31-34-40(43)45-36-39(42)37-46-41(44)35-32-29-26-23-20-17-15-13-11-10-12-14-16-19-21-24-27-30-33-38(2)3/h38-39,42H,4-37H2,1-3H3/t39-/m0/s1. The van der Waals surface area contributed by atoms with E-state index in [0.717, 1.165) is 31.6 Å².